The zero-order valence-corrected chi connectivity index (χ0v) is 12.4. The van der Waals surface area contributed by atoms with Gasteiger partial charge >= 0.3 is 11.9 Å². The zero-order chi connectivity index (χ0) is 15.1. The molecule has 0 saturated heterocycles. The lowest BCUT2D eigenvalue weighted by Crippen LogP contribution is -2.55. The van der Waals surface area contributed by atoms with Crippen LogP contribution >= 0.6 is 0 Å². The van der Waals surface area contributed by atoms with E-state index in [0.717, 1.165) is 0 Å². The van der Waals surface area contributed by atoms with Crippen molar-refractivity contribution in [3.8, 4) is 0 Å². The Morgan fingerprint density at radius 2 is 1.95 bits per heavy atom. The fourth-order valence-electron chi connectivity index (χ4n) is 3.38. The molecule has 0 aromatic rings. The van der Waals surface area contributed by atoms with Gasteiger partial charge in [-0.25, -0.2) is 4.79 Å². The van der Waals surface area contributed by atoms with Crippen LogP contribution < -0.4 is 0 Å². The molecule has 1 fully saturated rings. The van der Waals surface area contributed by atoms with Gasteiger partial charge in [0.05, 0.1) is 7.11 Å². The van der Waals surface area contributed by atoms with Gasteiger partial charge in [-0.3, -0.25) is 9.59 Å². The molecule has 5 heteroatoms. The summed E-state index contributed by atoms with van der Waals surface area (Å²) in [5.41, 5.74) is -0.984. The van der Waals surface area contributed by atoms with Gasteiger partial charge in [-0.05, 0) is 39.2 Å². The second-order valence-electron chi connectivity index (χ2n) is 5.82. The van der Waals surface area contributed by atoms with E-state index in [9.17, 15) is 14.4 Å². The number of hydrogen-bond acceptors (Lipinski definition) is 5. The lowest BCUT2D eigenvalue weighted by molar-refractivity contribution is -0.182. The highest BCUT2D eigenvalue weighted by atomic mass is 16.6. The molecule has 2 aliphatic rings. The average molecular weight is 280 g/mol. The average Bonchev–Trinajstić information content (AvgIpc) is 2.62. The predicted molar refractivity (Wildman–Crippen MR) is 70.8 cm³/mol. The second kappa shape index (κ2) is 4.72. The van der Waals surface area contributed by atoms with Gasteiger partial charge < -0.3 is 9.47 Å². The van der Waals surface area contributed by atoms with Gasteiger partial charge in [0.2, 0.25) is 0 Å². The quantitative estimate of drug-likeness (QED) is 0.723. The number of carbonyl (C=O) groups is 3. The summed E-state index contributed by atoms with van der Waals surface area (Å²) in [7, 11) is 1.30. The number of rotatable bonds is 2. The Balaban J connectivity index is 2.56. The summed E-state index contributed by atoms with van der Waals surface area (Å²) in [6, 6.07) is 0. The summed E-state index contributed by atoms with van der Waals surface area (Å²) >= 11 is 0. The van der Waals surface area contributed by atoms with Gasteiger partial charge in [-0.2, -0.15) is 0 Å². The zero-order valence-electron chi connectivity index (χ0n) is 12.4. The third-order valence-electron chi connectivity index (χ3n) is 4.93. The Hall–Kier alpha value is -1.65. The van der Waals surface area contributed by atoms with Gasteiger partial charge in [-0.15, -0.1) is 0 Å². The predicted octanol–water partition coefficient (Wildman–Crippen LogP) is 1.94. The second-order valence-corrected chi connectivity index (χ2v) is 5.82. The van der Waals surface area contributed by atoms with Crippen molar-refractivity contribution in [2.24, 2.45) is 5.41 Å². The molecule has 0 radical (unpaired) electrons. The first-order valence-electron chi connectivity index (χ1n) is 6.80. The molecule has 0 aromatic carbocycles. The molecule has 1 aliphatic carbocycles. The fraction of sp³-hybridized carbons (Fsp3) is 0.667. The van der Waals surface area contributed by atoms with E-state index in [2.05, 4.69) is 0 Å². The summed E-state index contributed by atoms with van der Waals surface area (Å²) in [4.78, 5) is 36.2. The maximum Gasteiger partial charge on any atom is 0.334 e. The molecule has 0 aromatic heterocycles. The van der Waals surface area contributed by atoms with Gasteiger partial charge in [0.1, 0.15) is 16.8 Å². The first-order chi connectivity index (χ1) is 9.28. The molecule has 0 N–H and O–H groups in total. The van der Waals surface area contributed by atoms with Crippen LogP contribution in [0.4, 0.5) is 0 Å². The number of ketones is 1. The fourth-order valence-corrected chi connectivity index (χ4v) is 3.38. The first-order valence-corrected chi connectivity index (χ1v) is 6.80. The number of esters is 2. The topological polar surface area (TPSA) is 69.7 Å². The number of cyclic esters (lactones) is 1. The third-order valence-corrected chi connectivity index (χ3v) is 4.93. The van der Waals surface area contributed by atoms with Crippen LogP contribution in [0.2, 0.25) is 0 Å². The van der Waals surface area contributed by atoms with Crippen molar-refractivity contribution in [2.45, 2.75) is 52.1 Å². The van der Waals surface area contributed by atoms with Crippen molar-refractivity contribution in [2.75, 3.05) is 7.11 Å². The summed E-state index contributed by atoms with van der Waals surface area (Å²) in [5, 5.41) is 0. The van der Waals surface area contributed by atoms with E-state index in [1.165, 1.54) is 7.11 Å². The molecular formula is C15H20O5. The molecule has 0 amide bonds. The molecule has 2 rings (SSSR count). The molecule has 20 heavy (non-hydrogen) atoms. The standard InChI is InChI=1S/C15H20O5/c1-9-10(2)14(3,20-12(9)17)15(13(18)19-4)7-5-6-11(16)8-15/h5-8H2,1-4H3/t14?,15-/m1/s1. The van der Waals surface area contributed by atoms with Crippen LogP contribution in [0, 0.1) is 5.41 Å². The molecule has 5 nitrogen and oxygen atoms in total. The van der Waals surface area contributed by atoms with Crippen molar-refractivity contribution < 1.29 is 23.9 Å². The van der Waals surface area contributed by atoms with Crippen molar-refractivity contribution in [3.63, 3.8) is 0 Å². The number of hydrogen-bond donors (Lipinski definition) is 0. The van der Waals surface area contributed by atoms with E-state index in [4.69, 9.17) is 9.47 Å². The smallest absolute Gasteiger partial charge is 0.334 e. The first kappa shape index (κ1) is 14.8. The van der Waals surface area contributed by atoms with Crippen LogP contribution in [-0.4, -0.2) is 30.4 Å². The number of Topliss-reactive ketones (excluding diaryl/α,β-unsaturated/α-hetero) is 1. The Morgan fingerprint density at radius 3 is 2.40 bits per heavy atom. The molecule has 0 bridgehead atoms. The highest BCUT2D eigenvalue weighted by Gasteiger charge is 2.62. The van der Waals surface area contributed by atoms with Gasteiger partial charge in [0.15, 0.2) is 0 Å². The Kier molecular flexibility index (Phi) is 3.48. The molecule has 1 unspecified atom stereocenters. The third kappa shape index (κ3) is 1.79. The minimum Gasteiger partial charge on any atom is -0.468 e. The highest BCUT2D eigenvalue weighted by molar-refractivity contribution is 5.96. The van der Waals surface area contributed by atoms with Crippen molar-refractivity contribution >= 4 is 17.7 Å². The van der Waals surface area contributed by atoms with E-state index in [1.54, 1.807) is 20.8 Å². The van der Waals surface area contributed by atoms with Crippen molar-refractivity contribution in [3.05, 3.63) is 11.1 Å². The lowest BCUT2D eigenvalue weighted by atomic mass is 9.61. The van der Waals surface area contributed by atoms with E-state index in [0.29, 0.717) is 30.4 Å². The Labute approximate surface area is 118 Å². The molecule has 2 atom stereocenters. The van der Waals surface area contributed by atoms with Gasteiger partial charge in [0.25, 0.3) is 0 Å². The molecule has 1 heterocycles. The largest absolute Gasteiger partial charge is 0.468 e. The van der Waals surface area contributed by atoms with Crippen LogP contribution in [0.5, 0.6) is 0 Å². The van der Waals surface area contributed by atoms with Gasteiger partial charge in [0, 0.05) is 18.4 Å². The molecule has 0 spiro atoms. The minimum atomic E-state index is -1.10. The van der Waals surface area contributed by atoms with Crippen LogP contribution in [-0.2, 0) is 23.9 Å². The summed E-state index contributed by atoms with van der Waals surface area (Å²) in [5.74, 6) is -0.891. The normalized spacial score (nSPS) is 34.2. The van der Waals surface area contributed by atoms with Crippen LogP contribution in [0.15, 0.2) is 11.1 Å². The van der Waals surface area contributed by atoms with Gasteiger partial charge in [-0.1, -0.05) is 0 Å². The molecule has 1 aliphatic heterocycles. The van der Waals surface area contributed by atoms with Crippen molar-refractivity contribution in [1.29, 1.82) is 0 Å². The molecule has 110 valence electrons. The summed E-state index contributed by atoms with van der Waals surface area (Å²) in [6.45, 7) is 5.18. The minimum absolute atomic E-state index is 0.0104. The van der Waals surface area contributed by atoms with E-state index < -0.39 is 23.0 Å². The maximum absolute atomic E-state index is 12.4. The van der Waals surface area contributed by atoms with Crippen LogP contribution in [0.3, 0.4) is 0 Å². The van der Waals surface area contributed by atoms with Crippen molar-refractivity contribution in [1.82, 2.24) is 0 Å². The summed E-state index contributed by atoms with van der Waals surface area (Å²) < 4.78 is 10.5. The van der Waals surface area contributed by atoms with E-state index in [1.807, 2.05) is 0 Å². The van der Waals surface area contributed by atoms with E-state index in [-0.39, 0.29) is 12.2 Å². The summed E-state index contributed by atoms with van der Waals surface area (Å²) in [6.07, 6.45) is 1.62. The Bertz CT molecular complexity index is 518. The van der Waals surface area contributed by atoms with E-state index >= 15 is 0 Å². The number of carbonyl (C=O) groups excluding carboxylic acids is 3. The Morgan fingerprint density at radius 1 is 1.30 bits per heavy atom. The SMILES string of the molecule is COC(=O)[C@@]1(C2(C)OC(=O)C(C)=C2C)CCCC(=O)C1. The number of ether oxygens (including phenoxy) is 2. The lowest BCUT2D eigenvalue weighted by Gasteiger charge is -2.45. The maximum atomic E-state index is 12.4. The van der Waals surface area contributed by atoms with Crippen LogP contribution in [0.1, 0.15) is 46.5 Å². The highest BCUT2D eigenvalue weighted by Crippen LogP contribution is 2.53. The molecule has 1 saturated carbocycles. The number of methoxy groups -OCH3 is 1. The van der Waals surface area contributed by atoms with Crippen LogP contribution in [0.25, 0.3) is 0 Å². The monoisotopic (exact) mass is 280 g/mol. The molecular weight excluding hydrogens is 260 g/mol.